The summed E-state index contributed by atoms with van der Waals surface area (Å²) in [5.74, 6) is 1.33. The van der Waals surface area contributed by atoms with Crippen LogP contribution in [0.1, 0.15) is 32.1 Å². The Labute approximate surface area is 129 Å². The fourth-order valence-electron chi connectivity index (χ4n) is 2.74. The lowest BCUT2D eigenvalue weighted by Crippen LogP contribution is -2.36. The number of fused-ring (bicyclic) bond motifs is 1. The van der Waals surface area contributed by atoms with Crippen LogP contribution in [-0.4, -0.2) is 16.0 Å². The number of pyridine rings is 1. The molecule has 0 unspecified atom stereocenters. The zero-order valence-corrected chi connectivity index (χ0v) is 12.5. The molecule has 1 fully saturated rings. The average molecular weight is 299 g/mol. The fourth-order valence-corrected chi connectivity index (χ4v) is 3.05. The van der Waals surface area contributed by atoms with E-state index in [9.17, 15) is 5.26 Å². The smallest absolute Gasteiger partial charge is 0.155 e. The van der Waals surface area contributed by atoms with E-state index in [0.29, 0.717) is 22.4 Å². The second-order valence-electron chi connectivity index (χ2n) is 5.32. The van der Waals surface area contributed by atoms with Crippen LogP contribution in [0.25, 0.3) is 0 Å². The Morgan fingerprint density at radius 1 is 1.33 bits per heavy atom. The van der Waals surface area contributed by atoms with Gasteiger partial charge >= 0.3 is 0 Å². The van der Waals surface area contributed by atoms with Gasteiger partial charge in [0, 0.05) is 12.2 Å². The van der Waals surface area contributed by atoms with Crippen LogP contribution in [0, 0.1) is 11.3 Å². The lowest BCUT2D eigenvalue weighted by atomic mass is 9.95. The van der Waals surface area contributed by atoms with Gasteiger partial charge in [0.25, 0.3) is 0 Å². The zero-order chi connectivity index (χ0) is 14.7. The van der Waals surface area contributed by atoms with Gasteiger partial charge in [0.1, 0.15) is 22.5 Å². The maximum Gasteiger partial charge on any atom is 0.155 e. The van der Waals surface area contributed by atoms with Gasteiger partial charge < -0.3 is 16.0 Å². The molecule has 1 aliphatic heterocycles. The molecular formula is C15H17N5S. The van der Waals surface area contributed by atoms with E-state index in [2.05, 4.69) is 27.0 Å². The minimum atomic E-state index is 0.386. The molecule has 1 aliphatic carbocycles. The van der Waals surface area contributed by atoms with Crippen LogP contribution in [0.15, 0.2) is 29.7 Å². The number of hydrogen-bond acceptors (Lipinski definition) is 5. The first-order valence-electron chi connectivity index (χ1n) is 7.22. The third kappa shape index (κ3) is 2.98. The number of nitrogens with zero attached hydrogens (tertiary/aromatic N) is 2. The summed E-state index contributed by atoms with van der Waals surface area (Å²) in [5, 5.41) is 19.0. The van der Waals surface area contributed by atoms with E-state index in [0.717, 1.165) is 24.3 Å². The van der Waals surface area contributed by atoms with E-state index in [1.54, 1.807) is 6.20 Å². The van der Waals surface area contributed by atoms with Crippen LogP contribution in [0.5, 0.6) is 0 Å². The zero-order valence-electron chi connectivity index (χ0n) is 11.6. The monoisotopic (exact) mass is 299 g/mol. The van der Waals surface area contributed by atoms with Crippen molar-refractivity contribution in [2.75, 3.05) is 10.6 Å². The van der Waals surface area contributed by atoms with Crippen molar-refractivity contribution in [3.63, 3.8) is 0 Å². The normalized spacial score (nSPS) is 19.8. The van der Waals surface area contributed by atoms with Gasteiger partial charge in [0.2, 0.25) is 0 Å². The number of thiocarbonyl (C=S) groups is 1. The molecule has 0 radical (unpaired) electrons. The molecule has 0 aromatic carbocycles. The largest absolute Gasteiger partial charge is 0.372 e. The predicted molar refractivity (Wildman–Crippen MR) is 86.7 cm³/mol. The van der Waals surface area contributed by atoms with E-state index in [-0.39, 0.29) is 0 Å². The highest BCUT2D eigenvalue weighted by Gasteiger charge is 2.22. The highest BCUT2D eigenvalue weighted by Crippen LogP contribution is 2.29. The van der Waals surface area contributed by atoms with Gasteiger partial charge in [0.15, 0.2) is 5.82 Å². The van der Waals surface area contributed by atoms with Crippen LogP contribution in [-0.2, 0) is 0 Å². The molecule has 1 saturated carbocycles. The molecule has 0 spiro atoms. The van der Waals surface area contributed by atoms with Crippen molar-refractivity contribution in [2.24, 2.45) is 0 Å². The van der Waals surface area contributed by atoms with Crippen molar-refractivity contribution in [1.82, 2.24) is 10.3 Å². The van der Waals surface area contributed by atoms with E-state index in [4.69, 9.17) is 12.2 Å². The predicted octanol–water partition coefficient (Wildman–Crippen LogP) is 2.90. The van der Waals surface area contributed by atoms with Gasteiger partial charge in [-0.15, -0.1) is 0 Å². The molecule has 1 aromatic heterocycles. The molecule has 3 rings (SSSR count). The van der Waals surface area contributed by atoms with Crippen LogP contribution in [0.4, 0.5) is 11.5 Å². The summed E-state index contributed by atoms with van der Waals surface area (Å²) in [6.45, 7) is 0. The number of aromatic nitrogens is 1. The van der Waals surface area contributed by atoms with E-state index in [1.807, 2.05) is 12.1 Å². The van der Waals surface area contributed by atoms with Crippen LogP contribution < -0.4 is 16.0 Å². The summed E-state index contributed by atoms with van der Waals surface area (Å²) < 4.78 is 0. The Balaban J connectivity index is 1.75. The Bertz CT molecular complexity index is 598. The lowest BCUT2D eigenvalue weighted by molar-refractivity contribution is 0.415. The van der Waals surface area contributed by atoms with Crippen molar-refractivity contribution in [3.8, 4) is 6.07 Å². The van der Waals surface area contributed by atoms with Crippen molar-refractivity contribution >= 4 is 28.7 Å². The third-order valence-corrected chi connectivity index (χ3v) is 4.16. The van der Waals surface area contributed by atoms with Crippen molar-refractivity contribution in [2.45, 2.75) is 38.1 Å². The Morgan fingerprint density at radius 2 is 2.14 bits per heavy atom. The molecule has 21 heavy (non-hydrogen) atoms. The van der Waals surface area contributed by atoms with Gasteiger partial charge in [-0.25, -0.2) is 4.98 Å². The average Bonchev–Trinajstić information content (AvgIpc) is 2.92. The van der Waals surface area contributed by atoms with E-state index in [1.165, 1.54) is 19.3 Å². The number of anilines is 2. The molecule has 6 heteroatoms. The van der Waals surface area contributed by atoms with E-state index < -0.39 is 0 Å². The van der Waals surface area contributed by atoms with Crippen LogP contribution >= 0.6 is 12.2 Å². The summed E-state index contributed by atoms with van der Waals surface area (Å²) in [6.07, 6.45) is 7.70. The summed E-state index contributed by atoms with van der Waals surface area (Å²) in [7, 11) is 0. The summed E-state index contributed by atoms with van der Waals surface area (Å²) >= 11 is 5.41. The quantitative estimate of drug-likeness (QED) is 0.443. The molecule has 2 aliphatic rings. The topological polar surface area (TPSA) is 72.8 Å². The van der Waals surface area contributed by atoms with Crippen molar-refractivity contribution in [3.05, 3.63) is 29.7 Å². The third-order valence-electron chi connectivity index (χ3n) is 3.84. The highest BCUT2D eigenvalue weighted by atomic mass is 32.1. The molecule has 5 nitrogen and oxygen atoms in total. The van der Waals surface area contributed by atoms with Crippen molar-refractivity contribution in [1.29, 1.82) is 5.26 Å². The maximum atomic E-state index is 9.43. The van der Waals surface area contributed by atoms with Gasteiger partial charge in [0.05, 0.1) is 5.69 Å². The fraction of sp³-hybridized carbons (Fsp3) is 0.400. The van der Waals surface area contributed by atoms with E-state index >= 15 is 0 Å². The molecule has 0 amide bonds. The molecule has 0 atom stereocenters. The second-order valence-corrected chi connectivity index (χ2v) is 5.73. The Morgan fingerprint density at radius 3 is 2.86 bits per heavy atom. The first-order chi connectivity index (χ1) is 10.3. The lowest BCUT2D eigenvalue weighted by Gasteiger charge is -2.24. The molecule has 1 aromatic rings. The van der Waals surface area contributed by atoms with Crippen LogP contribution in [0.3, 0.4) is 0 Å². The first-order valence-corrected chi connectivity index (χ1v) is 7.63. The van der Waals surface area contributed by atoms with Gasteiger partial charge in [-0.3, -0.25) is 0 Å². The van der Waals surface area contributed by atoms with Crippen LogP contribution in [0.2, 0.25) is 0 Å². The first kappa shape index (κ1) is 13.8. The summed E-state index contributed by atoms with van der Waals surface area (Å²) in [5.41, 5.74) is 1.30. The number of nitrogens with one attached hydrogen (secondary N) is 3. The minimum absolute atomic E-state index is 0.386. The molecule has 0 bridgehead atoms. The summed E-state index contributed by atoms with van der Waals surface area (Å²) in [4.78, 5) is 4.73. The SMILES string of the molecule is N#C/C(C(=S)NC1CCCCC1)=C1/Nc2cccnc2N1. The molecule has 3 N–H and O–H groups in total. The molecule has 0 saturated heterocycles. The summed E-state index contributed by atoms with van der Waals surface area (Å²) in [6, 6.07) is 6.34. The number of rotatable bonds is 2. The standard InChI is InChI=1S/C15H17N5S/c16-9-11(15(21)18-10-5-2-1-3-6-10)13-19-12-7-4-8-17-14(12)20-13/h4,7-8,10,19H,1-3,5-6H2,(H,17,20)(H,18,21)/b13-11+. The van der Waals surface area contributed by atoms with Gasteiger partial charge in [-0.05, 0) is 25.0 Å². The minimum Gasteiger partial charge on any atom is -0.372 e. The van der Waals surface area contributed by atoms with Gasteiger partial charge in [-0.2, -0.15) is 5.26 Å². The second kappa shape index (κ2) is 6.10. The number of hydrogen-bond donors (Lipinski definition) is 3. The highest BCUT2D eigenvalue weighted by molar-refractivity contribution is 7.80. The Hall–Kier alpha value is -2.13. The molecule has 108 valence electrons. The Kier molecular flexibility index (Phi) is 4.02. The molecular weight excluding hydrogens is 282 g/mol. The van der Waals surface area contributed by atoms with Gasteiger partial charge in [-0.1, -0.05) is 31.5 Å². The number of nitriles is 1. The molecule has 2 heterocycles. The maximum absolute atomic E-state index is 9.43. The van der Waals surface area contributed by atoms with Crippen molar-refractivity contribution < 1.29 is 0 Å².